The Balaban J connectivity index is 1.95. The van der Waals surface area contributed by atoms with Crippen LogP contribution in [0.1, 0.15) is 46.6 Å². The van der Waals surface area contributed by atoms with E-state index in [1.165, 1.54) is 12.1 Å². The summed E-state index contributed by atoms with van der Waals surface area (Å²) in [6, 6.07) is 4.72. The first-order valence-electron chi connectivity index (χ1n) is 10.4. The van der Waals surface area contributed by atoms with E-state index in [0.717, 1.165) is 55.4 Å². The van der Waals surface area contributed by atoms with E-state index in [-0.39, 0.29) is 24.1 Å². The van der Waals surface area contributed by atoms with Crippen LogP contribution in [0.3, 0.4) is 0 Å². The smallest absolute Gasteiger partial charge is 0.396 e. The number of halogens is 3. The third-order valence-corrected chi connectivity index (χ3v) is 7.16. The molecule has 1 heterocycles. The van der Waals surface area contributed by atoms with Crippen LogP contribution >= 0.6 is 11.3 Å². The Morgan fingerprint density at radius 1 is 1.24 bits per heavy atom. The first-order chi connectivity index (χ1) is 15.4. The first kappa shape index (κ1) is 25.4. The molecule has 1 aliphatic carbocycles. The molecule has 33 heavy (non-hydrogen) atoms. The summed E-state index contributed by atoms with van der Waals surface area (Å²) < 4.78 is 63.9. The molecule has 2 atom stereocenters. The molecule has 0 spiro atoms. The third-order valence-electron chi connectivity index (χ3n) is 5.61. The highest BCUT2D eigenvalue weighted by molar-refractivity contribution is 7.89. The van der Waals surface area contributed by atoms with Crippen molar-refractivity contribution in [2.24, 2.45) is 11.8 Å². The number of nitrogens with zero attached hydrogens (tertiary/aromatic N) is 2. The fourth-order valence-corrected chi connectivity index (χ4v) is 5.41. The lowest BCUT2D eigenvalue weighted by Gasteiger charge is -2.32. The molecule has 1 amide bonds. The molecule has 0 radical (unpaired) electrons. The van der Waals surface area contributed by atoms with Gasteiger partial charge < -0.3 is 10.0 Å². The number of benzene rings is 1. The molecule has 1 aromatic heterocycles. The minimum Gasteiger partial charge on any atom is -0.396 e. The van der Waals surface area contributed by atoms with Crippen molar-refractivity contribution < 1.29 is 31.5 Å². The Morgan fingerprint density at radius 2 is 1.88 bits per heavy atom. The molecule has 3 rings (SSSR count). The number of alkyl halides is 3. The summed E-state index contributed by atoms with van der Waals surface area (Å²) in [6.45, 7) is 2.16. The molecule has 0 saturated heterocycles. The summed E-state index contributed by atoms with van der Waals surface area (Å²) in [5.41, 5.74) is -0.333. The number of amides is 1. The zero-order valence-corrected chi connectivity index (χ0v) is 19.9. The number of rotatable bonds is 7. The van der Waals surface area contributed by atoms with E-state index in [4.69, 9.17) is 0 Å². The number of hydrogen-bond acceptors (Lipinski definition) is 7. The zero-order valence-electron chi connectivity index (χ0n) is 18.2. The fraction of sp³-hybridized carbons (Fsp3) is 0.524. The number of carbonyl (C=O) groups is 1. The Bertz CT molecular complexity index is 1090. The van der Waals surface area contributed by atoms with Crippen LogP contribution in [-0.4, -0.2) is 43.8 Å². The Labute approximate surface area is 194 Å². The predicted molar refractivity (Wildman–Crippen MR) is 120 cm³/mol. The van der Waals surface area contributed by atoms with Crippen molar-refractivity contribution in [1.82, 2.24) is 9.71 Å². The van der Waals surface area contributed by atoms with Gasteiger partial charge >= 0.3 is 6.18 Å². The topological polar surface area (TPSA) is 99.6 Å². The predicted octanol–water partition coefficient (Wildman–Crippen LogP) is 4.10. The SMILES string of the molecule is Cc1sc(N(C[C@H]2CCC[C@@H](CO)C2)c2ccc(C(F)(F)F)cc2)nc1C(=O)NS(C)(=O)=O. The van der Waals surface area contributed by atoms with Crippen molar-refractivity contribution in [3.8, 4) is 0 Å². The Hall–Kier alpha value is -2.18. The molecule has 1 saturated carbocycles. The van der Waals surface area contributed by atoms with Gasteiger partial charge in [-0.05, 0) is 62.3 Å². The van der Waals surface area contributed by atoms with E-state index in [1.807, 2.05) is 4.72 Å². The van der Waals surface area contributed by atoms with E-state index < -0.39 is 27.7 Å². The van der Waals surface area contributed by atoms with Gasteiger partial charge in [-0.2, -0.15) is 13.2 Å². The molecular formula is C21H26F3N3O4S2. The van der Waals surface area contributed by atoms with Crippen LogP contribution in [0.25, 0.3) is 0 Å². The van der Waals surface area contributed by atoms with E-state index in [9.17, 15) is 31.5 Å². The summed E-state index contributed by atoms with van der Waals surface area (Å²) in [4.78, 5) is 19.0. The van der Waals surface area contributed by atoms with Crippen molar-refractivity contribution >= 4 is 38.1 Å². The van der Waals surface area contributed by atoms with Gasteiger partial charge in [-0.25, -0.2) is 18.1 Å². The van der Waals surface area contributed by atoms with Crippen LogP contribution in [0.4, 0.5) is 24.0 Å². The van der Waals surface area contributed by atoms with Crippen LogP contribution in [0.5, 0.6) is 0 Å². The average molecular weight is 506 g/mol. The van der Waals surface area contributed by atoms with Gasteiger partial charge in [0, 0.05) is 23.7 Å². The number of aliphatic hydroxyl groups excluding tert-OH is 1. The molecular weight excluding hydrogens is 479 g/mol. The van der Waals surface area contributed by atoms with Crippen molar-refractivity contribution in [2.45, 2.75) is 38.8 Å². The number of nitrogens with one attached hydrogen (secondary N) is 1. The molecule has 1 aliphatic rings. The van der Waals surface area contributed by atoms with Gasteiger partial charge in [-0.3, -0.25) is 4.79 Å². The normalized spacial score (nSPS) is 19.3. The molecule has 2 N–H and O–H groups in total. The second-order valence-electron chi connectivity index (χ2n) is 8.34. The van der Waals surface area contributed by atoms with Gasteiger partial charge in [-0.15, -0.1) is 11.3 Å². The van der Waals surface area contributed by atoms with E-state index in [0.29, 0.717) is 22.2 Å². The summed E-state index contributed by atoms with van der Waals surface area (Å²) in [6.07, 6.45) is -0.0492. The third kappa shape index (κ3) is 6.67. The number of sulfonamides is 1. The number of anilines is 2. The summed E-state index contributed by atoms with van der Waals surface area (Å²) in [7, 11) is -3.78. The van der Waals surface area contributed by atoms with Crippen molar-refractivity contribution in [1.29, 1.82) is 0 Å². The first-order valence-corrected chi connectivity index (χ1v) is 13.1. The van der Waals surface area contributed by atoms with Crippen LogP contribution in [0.2, 0.25) is 0 Å². The zero-order chi connectivity index (χ0) is 24.4. The Kier molecular flexibility index (Phi) is 7.69. The van der Waals surface area contributed by atoms with Crippen LogP contribution < -0.4 is 9.62 Å². The number of aliphatic hydroxyl groups is 1. The number of aryl methyl sites for hydroxylation is 1. The number of thiazole rings is 1. The molecule has 182 valence electrons. The maximum absolute atomic E-state index is 13.0. The van der Waals surface area contributed by atoms with Crippen molar-refractivity contribution in [3.05, 3.63) is 40.4 Å². The second kappa shape index (κ2) is 9.98. The second-order valence-corrected chi connectivity index (χ2v) is 11.3. The molecule has 12 heteroatoms. The highest BCUT2D eigenvalue weighted by atomic mass is 32.2. The van der Waals surface area contributed by atoms with Crippen molar-refractivity contribution in [2.75, 3.05) is 24.3 Å². The maximum atomic E-state index is 13.0. The van der Waals surface area contributed by atoms with Gasteiger partial charge in [0.15, 0.2) is 5.13 Å². The minimum atomic E-state index is -4.46. The number of aromatic nitrogens is 1. The van der Waals surface area contributed by atoms with E-state index >= 15 is 0 Å². The van der Waals surface area contributed by atoms with Gasteiger partial charge in [0.05, 0.1) is 11.8 Å². The van der Waals surface area contributed by atoms with Crippen LogP contribution in [0, 0.1) is 18.8 Å². The highest BCUT2D eigenvalue weighted by Gasteiger charge is 2.31. The van der Waals surface area contributed by atoms with Crippen LogP contribution in [0.15, 0.2) is 24.3 Å². The van der Waals surface area contributed by atoms with E-state index in [2.05, 4.69) is 4.98 Å². The summed E-state index contributed by atoms with van der Waals surface area (Å²) in [5.74, 6) is -0.508. The molecule has 1 fully saturated rings. The standard InChI is InChI=1S/C21H26F3N3O4S2/c1-13-18(19(29)26-33(2,30)31)25-20(32-13)27(11-14-4-3-5-15(10-14)12-28)17-8-6-16(7-9-17)21(22,23)24/h6-9,14-15,28H,3-5,10-12H2,1-2H3,(H,26,29)/t14-,15+/m0/s1. The maximum Gasteiger partial charge on any atom is 0.416 e. The molecule has 7 nitrogen and oxygen atoms in total. The van der Waals surface area contributed by atoms with Gasteiger partial charge in [0.25, 0.3) is 5.91 Å². The van der Waals surface area contributed by atoms with Gasteiger partial charge in [0.2, 0.25) is 10.0 Å². The molecule has 1 aromatic carbocycles. The van der Waals surface area contributed by atoms with Crippen LogP contribution in [-0.2, 0) is 16.2 Å². The Morgan fingerprint density at radius 3 is 2.45 bits per heavy atom. The highest BCUT2D eigenvalue weighted by Crippen LogP contribution is 2.37. The molecule has 0 unspecified atom stereocenters. The van der Waals surface area contributed by atoms with Gasteiger partial charge in [-0.1, -0.05) is 6.42 Å². The average Bonchev–Trinajstić information content (AvgIpc) is 3.12. The van der Waals surface area contributed by atoms with Crippen molar-refractivity contribution in [3.63, 3.8) is 0 Å². The van der Waals surface area contributed by atoms with Gasteiger partial charge in [0.1, 0.15) is 5.69 Å². The monoisotopic (exact) mass is 505 g/mol. The lowest BCUT2D eigenvalue weighted by molar-refractivity contribution is -0.137. The molecule has 0 bridgehead atoms. The molecule has 2 aromatic rings. The largest absolute Gasteiger partial charge is 0.416 e. The number of hydrogen-bond donors (Lipinski definition) is 2. The summed E-state index contributed by atoms with van der Waals surface area (Å²) in [5, 5.41) is 9.94. The minimum absolute atomic E-state index is 0.0470. The quantitative estimate of drug-likeness (QED) is 0.588. The lowest BCUT2D eigenvalue weighted by atomic mass is 9.81. The lowest BCUT2D eigenvalue weighted by Crippen LogP contribution is -2.31. The molecule has 0 aliphatic heterocycles. The van der Waals surface area contributed by atoms with E-state index in [1.54, 1.807) is 11.8 Å². The number of carbonyl (C=O) groups excluding carboxylic acids is 1. The summed E-state index contributed by atoms with van der Waals surface area (Å²) >= 11 is 1.16. The fourth-order valence-electron chi connectivity index (χ4n) is 4.04.